The second-order valence-corrected chi connectivity index (χ2v) is 7.10. The molecule has 26 heavy (non-hydrogen) atoms. The average Bonchev–Trinajstić information content (AvgIpc) is 3.16. The molecule has 142 valence electrons. The van der Waals surface area contributed by atoms with Gasteiger partial charge in [-0.2, -0.15) is 0 Å². The van der Waals surface area contributed by atoms with Crippen molar-refractivity contribution in [1.82, 2.24) is 10.2 Å². The summed E-state index contributed by atoms with van der Waals surface area (Å²) in [5, 5.41) is 5.78. The molecule has 0 saturated carbocycles. The Balaban J connectivity index is 1.47. The Labute approximate surface area is 154 Å². The summed E-state index contributed by atoms with van der Waals surface area (Å²) in [4.78, 5) is 27.0. The number of ether oxygens (including phenoxy) is 1. The van der Waals surface area contributed by atoms with Crippen LogP contribution in [-0.2, 0) is 9.53 Å². The van der Waals surface area contributed by atoms with Gasteiger partial charge in [0, 0.05) is 37.6 Å². The molecule has 2 saturated heterocycles. The Bertz CT molecular complexity index is 620. The van der Waals surface area contributed by atoms with Crippen molar-refractivity contribution in [3.63, 3.8) is 0 Å². The molecule has 2 fully saturated rings. The van der Waals surface area contributed by atoms with Crippen molar-refractivity contribution in [3.05, 3.63) is 29.8 Å². The number of benzene rings is 1. The maximum atomic E-state index is 12.4. The van der Waals surface area contributed by atoms with Crippen molar-refractivity contribution < 1.29 is 14.3 Å². The predicted octanol–water partition coefficient (Wildman–Crippen LogP) is 0.959. The molecular formula is C19H28N4O3. The zero-order valence-corrected chi connectivity index (χ0v) is 15.1. The molecule has 1 aromatic carbocycles. The third-order valence-electron chi connectivity index (χ3n) is 5.15. The third-order valence-corrected chi connectivity index (χ3v) is 5.15. The van der Waals surface area contributed by atoms with Crippen molar-refractivity contribution in [3.8, 4) is 0 Å². The summed E-state index contributed by atoms with van der Waals surface area (Å²) in [6.07, 6.45) is 3.52. The number of amides is 2. The number of nitrogens with two attached hydrogens (primary N) is 1. The van der Waals surface area contributed by atoms with Gasteiger partial charge in [-0.3, -0.25) is 9.59 Å². The topological polar surface area (TPSA) is 96.7 Å². The van der Waals surface area contributed by atoms with Gasteiger partial charge < -0.3 is 26.0 Å². The highest BCUT2D eigenvalue weighted by Gasteiger charge is 2.35. The Morgan fingerprint density at radius 1 is 1.12 bits per heavy atom. The molecule has 0 unspecified atom stereocenters. The summed E-state index contributed by atoms with van der Waals surface area (Å²) >= 11 is 0. The van der Waals surface area contributed by atoms with Gasteiger partial charge in [0.1, 0.15) is 5.54 Å². The van der Waals surface area contributed by atoms with Crippen LogP contribution < -0.4 is 16.4 Å². The number of hydrogen-bond donors (Lipinski definition) is 3. The smallest absolute Gasteiger partial charge is 0.251 e. The molecule has 7 nitrogen and oxygen atoms in total. The fourth-order valence-corrected chi connectivity index (χ4v) is 3.36. The molecule has 4 N–H and O–H groups in total. The molecule has 0 aliphatic carbocycles. The number of carbonyl (C=O) groups is 2. The van der Waals surface area contributed by atoms with Gasteiger partial charge in [-0.25, -0.2) is 0 Å². The number of hydrogen-bond acceptors (Lipinski definition) is 5. The van der Waals surface area contributed by atoms with Crippen LogP contribution in [0, 0.1) is 0 Å². The summed E-state index contributed by atoms with van der Waals surface area (Å²) in [6, 6.07) is 6.90. The molecule has 0 bridgehead atoms. The molecule has 0 atom stereocenters. The van der Waals surface area contributed by atoms with Gasteiger partial charge in [-0.1, -0.05) is 0 Å². The maximum absolute atomic E-state index is 12.4. The van der Waals surface area contributed by atoms with Crippen molar-refractivity contribution >= 4 is 17.5 Å². The van der Waals surface area contributed by atoms with Crippen molar-refractivity contribution in [2.75, 3.05) is 44.7 Å². The molecule has 7 heteroatoms. The number of nitrogens with one attached hydrogen (secondary N) is 2. The second kappa shape index (κ2) is 8.62. The molecule has 3 rings (SSSR count). The summed E-state index contributed by atoms with van der Waals surface area (Å²) in [6.45, 7) is 4.79. The lowest BCUT2D eigenvalue weighted by Crippen LogP contribution is -2.54. The van der Waals surface area contributed by atoms with Crippen LogP contribution in [-0.4, -0.2) is 61.6 Å². The lowest BCUT2D eigenvalue weighted by Gasteiger charge is -2.31. The largest absolute Gasteiger partial charge is 0.381 e. The van der Waals surface area contributed by atoms with Gasteiger partial charge in [0.2, 0.25) is 5.91 Å². The number of nitrogens with zero attached hydrogens (tertiary/aromatic N) is 1. The van der Waals surface area contributed by atoms with Crippen LogP contribution in [0.2, 0.25) is 0 Å². The van der Waals surface area contributed by atoms with Crippen molar-refractivity contribution in [2.24, 2.45) is 5.73 Å². The van der Waals surface area contributed by atoms with Crippen LogP contribution in [0.3, 0.4) is 0 Å². The van der Waals surface area contributed by atoms with Crippen molar-refractivity contribution in [1.29, 1.82) is 0 Å². The van der Waals surface area contributed by atoms with E-state index in [0.717, 1.165) is 19.6 Å². The van der Waals surface area contributed by atoms with Gasteiger partial charge in [-0.15, -0.1) is 0 Å². The number of carbonyl (C=O) groups excluding carboxylic acids is 2. The highest BCUT2D eigenvalue weighted by atomic mass is 16.5. The quantitative estimate of drug-likeness (QED) is 0.702. The van der Waals surface area contributed by atoms with Crippen LogP contribution in [0.1, 0.15) is 36.0 Å². The van der Waals surface area contributed by atoms with Crippen LogP contribution >= 0.6 is 0 Å². The van der Waals surface area contributed by atoms with Crippen LogP contribution in [0.15, 0.2) is 24.3 Å². The van der Waals surface area contributed by atoms with Gasteiger partial charge >= 0.3 is 0 Å². The van der Waals surface area contributed by atoms with Gasteiger partial charge in [-0.05, 0) is 63.0 Å². The third kappa shape index (κ3) is 4.81. The minimum absolute atomic E-state index is 0.0956. The van der Waals surface area contributed by atoms with Crippen LogP contribution in [0.5, 0.6) is 0 Å². The average molecular weight is 360 g/mol. The summed E-state index contributed by atoms with van der Waals surface area (Å²) in [7, 11) is 0. The lowest BCUT2D eigenvalue weighted by molar-refractivity contribution is -0.124. The standard InChI is InChI=1S/C19H28N4O3/c20-19(7-13-26-14-8-19)18(25)22-16-5-3-15(4-6-16)17(24)21-9-12-23-10-1-2-11-23/h3-6H,1-2,7-14,20H2,(H,21,24)(H,22,25). The number of likely N-dealkylation sites (tertiary alicyclic amines) is 1. The minimum Gasteiger partial charge on any atom is -0.381 e. The molecule has 1 aromatic rings. The van der Waals surface area contributed by atoms with E-state index in [0.29, 0.717) is 43.9 Å². The van der Waals surface area contributed by atoms with Crippen molar-refractivity contribution in [2.45, 2.75) is 31.2 Å². The Hall–Kier alpha value is -1.96. The van der Waals surface area contributed by atoms with E-state index in [4.69, 9.17) is 10.5 Å². The first kappa shape index (κ1) is 18.8. The Kier molecular flexibility index (Phi) is 6.24. The van der Waals surface area contributed by atoms with E-state index in [2.05, 4.69) is 15.5 Å². The zero-order valence-electron chi connectivity index (χ0n) is 15.1. The first-order valence-electron chi connectivity index (χ1n) is 9.35. The predicted molar refractivity (Wildman–Crippen MR) is 100 cm³/mol. The molecule has 0 radical (unpaired) electrons. The van der Waals surface area contributed by atoms with Gasteiger partial charge in [0.05, 0.1) is 0 Å². The highest BCUT2D eigenvalue weighted by Crippen LogP contribution is 2.20. The number of anilines is 1. The molecular weight excluding hydrogens is 332 g/mol. The first-order valence-corrected chi connectivity index (χ1v) is 9.35. The number of rotatable bonds is 6. The van der Waals surface area contributed by atoms with E-state index in [1.54, 1.807) is 24.3 Å². The fourth-order valence-electron chi connectivity index (χ4n) is 3.36. The van der Waals surface area contributed by atoms with Crippen LogP contribution in [0.4, 0.5) is 5.69 Å². The molecule has 0 spiro atoms. The van der Waals surface area contributed by atoms with E-state index in [1.807, 2.05) is 0 Å². The van der Waals surface area contributed by atoms with E-state index in [9.17, 15) is 9.59 Å². The van der Waals surface area contributed by atoms with Gasteiger partial charge in [0.15, 0.2) is 0 Å². The zero-order chi connectivity index (χ0) is 18.4. The van der Waals surface area contributed by atoms with E-state index >= 15 is 0 Å². The minimum atomic E-state index is -0.885. The monoisotopic (exact) mass is 360 g/mol. The molecule has 2 heterocycles. The Morgan fingerprint density at radius 2 is 1.77 bits per heavy atom. The summed E-state index contributed by atoms with van der Waals surface area (Å²) < 4.78 is 5.26. The maximum Gasteiger partial charge on any atom is 0.251 e. The van der Waals surface area contributed by atoms with Crippen LogP contribution in [0.25, 0.3) is 0 Å². The highest BCUT2D eigenvalue weighted by molar-refractivity contribution is 5.99. The molecule has 2 aliphatic rings. The molecule has 2 amide bonds. The summed E-state index contributed by atoms with van der Waals surface area (Å²) in [5.74, 6) is -0.301. The Morgan fingerprint density at radius 3 is 2.42 bits per heavy atom. The fraction of sp³-hybridized carbons (Fsp3) is 0.579. The normalized spacial score (nSPS) is 19.9. The van der Waals surface area contributed by atoms with E-state index in [-0.39, 0.29) is 11.8 Å². The first-order chi connectivity index (χ1) is 12.6. The van der Waals surface area contributed by atoms with Gasteiger partial charge in [0.25, 0.3) is 5.91 Å². The van der Waals surface area contributed by atoms with E-state index in [1.165, 1.54) is 12.8 Å². The second-order valence-electron chi connectivity index (χ2n) is 7.10. The summed E-state index contributed by atoms with van der Waals surface area (Å²) in [5.41, 5.74) is 6.51. The van der Waals surface area contributed by atoms with E-state index < -0.39 is 5.54 Å². The molecule has 2 aliphatic heterocycles. The molecule has 0 aromatic heterocycles. The lowest BCUT2D eigenvalue weighted by atomic mass is 9.90. The SMILES string of the molecule is NC1(C(=O)Nc2ccc(C(=O)NCCN3CCCC3)cc2)CCOCC1.